The molecule has 3 aliphatic rings. The molecule has 10 heteroatoms. The quantitative estimate of drug-likeness (QED) is 0.448. The maximum absolute atomic E-state index is 13.8. The molecule has 0 saturated carbocycles. The molecular weight excluding hydrogens is 510 g/mol. The highest BCUT2D eigenvalue weighted by atomic mass is 16.3. The smallest absolute Gasteiger partial charge is 0.251 e. The van der Waals surface area contributed by atoms with E-state index >= 15 is 0 Å². The van der Waals surface area contributed by atoms with Gasteiger partial charge in [-0.05, 0) is 56.5 Å². The van der Waals surface area contributed by atoms with Gasteiger partial charge >= 0.3 is 0 Å². The number of aliphatic hydroxyl groups excluding tert-OH is 1. The van der Waals surface area contributed by atoms with Crippen molar-refractivity contribution in [1.82, 2.24) is 20.0 Å². The Morgan fingerprint density at radius 2 is 1.68 bits per heavy atom. The number of nitrogens with zero attached hydrogens (tertiary/aromatic N) is 4. The highest BCUT2D eigenvalue weighted by Crippen LogP contribution is 2.32. The lowest BCUT2D eigenvalue weighted by atomic mass is 10.0. The predicted molar refractivity (Wildman–Crippen MR) is 153 cm³/mol. The minimum atomic E-state index is -0.772. The van der Waals surface area contributed by atoms with Crippen LogP contribution in [0.1, 0.15) is 56.8 Å². The van der Waals surface area contributed by atoms with Crippen molar-refractivity contribution in [3.8, 4) is 0 Å². The fraction of sp³-hybridized carbons (Fsp3) is 0.667. The number of likely N-dealkylation sites (N-methyl/N-ethyl adjacent to an activating group) is 1. The molecule has 0 aliphatic carbocycles. The standard InChI is InChI=1S/C30H45N5O5/c1-5-6-22(19-36)29(39)35-18-26(37)27-25(35)11-12-34(27)30(40)24(17-20(2)3)31-28(38)21-7-9-23(10-8-21)33-15-13-32(4)14-16-33/h7-10,20,22,24-25,27,36H,5-6,11-19H2,1-4H3,(H,31,38). The molecule has 3 amide bonds. The van der Waals surface area contributed by atoms with E-state index in [4.69, 9.17) is 0 Å². The van der Waals surface area contributed by atoms with Crippen LogP contribution < -0.4 is 10.2 Å². The van der Waals surface area contributed by atoms with Gasteiger partial charge < -0.3 is 30.0 Å². The molecule has 1 aromatic carbocycles. The van der Waals surface area contributed by atoms with Gasteiger partial charge in [-0.1, -0.05) is 27.2 Å². The Labute approximate surface area is 237 Å². The van der Waals surface area contributed by atoms with Gasteiger partial charge in [0, 0.05) is 44.0 Å². The summed E-state index contributed by atoms with van der Waals surface area (Å²) in [5.41, 5.74) is 1.56. The number of likely N-dealkylation sites (tertiary alicyclic amines) is 2. The molecule has 3 aliphatic heterocycles. The van der Waals surface area contributed by atoms with Gasteiger partial charge in [0.1, 0.15) is 12.1 Å². The first-order valence-electron chi connectivity index (χ1n) is 14.7. The Kier molecular flexibility index (Phi) is 9.84. The summed E-state index contributed by atoms with van der Waals surface area (Å²) in [6.07, 6.45) is 2.26. The second-order valence-electron chi connectivity index (χ2n) is 11.9. The van der Waals surface area contributed by atoms with Gasteiger partial charge in [0.2, 0.25) is 11.8 Å². The Balaban J connectivity index is 1.44. The SMILES string of the molecule is CCCC(CO)C(=O)N1CC(=O)C2C1CCN2C(=O)C(CC(C)C)NC(=O)c1ccc(N2CCN(C)CC2)cc1. The van der Waals surface area contributed by atoms with E-state index in [1.54, 1.807) is 21.9 Å². The topological polar surface area (TPSA) is 114 Å². The van der Waals surface area contributed by atoms with Crippen LogP contribution in [0.25, 0.3) is 0 Å². The molecule has 0 aromatic heterocycles. The molecule has 4 unspecified atom stereocenters. The van der Waals surface area contributed by atoms with Crippen LogP contribution in [-0.4, -0.2) is 114 Å². The number of nitrogens with one attached hydrogen (secondary N) is 1. The van der Waals surface area contributed by atoms with Gasteiger partial charge in [0.05, 0.1) is 25.1 Å². The highest BCUT2D eigenvalue weighted by molar-refractivity contribution is 6.01. The summed E-state index contributed by atoms with van der Waals surface area (Å²) in [5, 5.41) is 12.7. The van der Waals surface area contributed by atoms with Crippen molar-refractivity contribution in [3.05, 3.63) is 29.8 Å². The first-order chi connectivity index (χ1) is 19.1. The molecule has 3 fully saturated rings. The van der Waals surface area contributed by atoms with Crippen molar-refractivity contribution >= 4 is 29.2 Å². The van der Waals surface area contributed by atoms with Gasteiger partial charge in [-0.15, -0.1) is 0 Å². The van der Waals surface area contributed by atoms with Crippen LogP contribution in [-0.2, 0) is 14.4 Å². The van der Waals surface area contributed by atoms with E-state index < -0.39 is 18.0 Å². The summed E-state index contributed by atoms with van der Waals surface area (Å²) in [5.74, 6) is -1.36. The molecule has 3 heterocycles. The average molecular weight is 556 g/mol. The van der Waals surface area contributed by atoms with Crippen molar-refractivity contribution in [1.29, 1.82) is 0 Å². The lowest BCUT2D eigenvalue weighted by molar-refractivity contribution is -0.139. The Hall–Kier alpha value is -2.98. The number of carbonyl (C=O) groups is 4. The number of ketones is 1. The van der Waals surface area contributed by atoms with E-state index in [1.807, 2.05) is 32.9 Å². The van der Waals surface area contributed by atoms with Crippen LogP contribution in [0, 0.1) is 11.8 Å². The van der Waals surface area contributed by atoms with Crippen molar-refractivity contribution < 1.29 is 24.3 Å². The number of amides is 3. The van der Waals surface area contributed by atoms with Crippen LogP contribution in [0.4, 0.5) is 5.69 Å². The third-order valence-corrected chi connectivity index (χ3v) is 8.50. The van der Waals surface area contributed by atoms with Crippen molar-refractivity contribution in [2.75, 3.05) is 57.8 Å². The molecular formula is C30H45N5O5. The predicted octanol–water partition coefficient (Wildman–Crippen LogP) is 1.37. The van der Waals surface area contributed by atoms with Crippen LogP contribution in [0.3, 0.4) is 0 Å². The molecule has 1 aromatic rings. The molecule has 4 atom stereocenters. The van der Waals surface area contributed by atoms with Gasteiger partial charge in [-0.2, -0.15) is 0 Å². The minimum Gasteiger partial charge on any atom is -0.396 e. The van der Waals surface area contributed by atoms with Gasteiger partial charge in [0.25, 0.3) is 5.91 Å². The van der Waals surface area contributed by atoms with E-state index in [1.165, 1.54) is 0 Å². The number of rotatable bonds is 10. The number of hydrogen-bond acceptors (Lipinski definition) is 7. The summed E-state index contributed by atoms with van der Waals surface area (Å²) in [7, 11) is 2.11. The fourth-order valence-corrected chi connectivity index (χ4v) is 6.26. The number of fused-ring (bicyclic) bond motifs is 1. The van der Waals surface area contributed by atoms with Crippen LogP contribution in [0.15, 0.2) is 24.3 Å². The summed E-state index contributed by atoms with van der Waals surface area (Å²) in [6, 6.07) is 5.63. The Morgan fingerprint density at radius 1 is 1.00 bits per heavy atom. The molecule has 3 saturated heterocycles. The molecule has 0 bridgehead atoms. The zero-order valence-electron chi connectivity index (χ0n) is 24.3. The number of anilines is 1. The third kappa shape index (κ3) is 6.49. The molecule has 2 N–H and O–H groups in total. The van der Waals surface area contributed by atoms with Crippen molar-refractivity contribution in [2.45, 2.75) is 64.6 Å². The molecule has 40 heavy (non-hydrogen) atoms. The molecule has 0 spiro atoms. The monoisotopic (exact) mass is 555 g/mol. The molecule has 220 valence electrons. The van der Waals surface area contributed by atoms with Gasteiger partial charge in [0.15, 0.2) is 5.78 Å². The van der Waals surface area contributed by atoms with E-state index in [0.29, 0.717) is 31.4 Å². The summed E-state index contributed by atoms with van der Waals surface area (Å²) in [6.45, 7) is 9.86. The zero-order chi connectivity index (χ0) is 29.0. The lowest BCUT2D eigenvalue weighted by Gasteiger charge is -2.34. The lowest BCUT2D eigenvalue weighted by Crippen LogP contribution is -2.53. The van der Waals surface area contributed by atoms with E-state index in [-0.39, 0.29) is 48.6 Å². The molecule has 0 radical (unpaired) electrons. The first kappa shape index (κ1) is 30.0. The summed E-state index contributed by atoms with van der Waals surface area (Å²) in [4.78, 5) is 60.9. The Bertz CT molecular complexity index is 1070. The van der Waals surface area contributed by atoms with Crippen molar-refractivity contribution in [2.24, 2.45) is 11.8 Å². The molecule has 4 rings (SSSR count). The Morgan fingerprint density at radius 3 is 2.27 bits per heavy atom. The maximum Gasteiger partial charge on any atom is 0.251 e. The average Bonchev–Trinajstić information content (AvgIpc) is 3.52. The summed E-state index contributed by atoms with van der Waals surface area (Å²) < 4.78 is 0. The normalized spacial score (nSPS) is 22.9. The van der Waals surface area contributed by atoms with E-state index in [2.05, 4.69) is 22.2 Å². The highest BCUT2D eigenvalue weighted by Gasteiger charge is 2.52. The number of aliphatic hydroxyl groups is 1. The van der Waals surface area contributed by atoms with Crippen LogP contribution in [0.2, 0.25) is 0 Å². The second kappa shape index (κ2) is 13.1. The minimum absolute atomic E-state index is 0.0426. The number of piperazine rings is 1. The van der Waals surface area contributed by atoms with E-state index in [0.717, 1.165) is 38.3 Å². The number of Topliss-reactive ketones (excluding diaryl/α,β-unsaturated/α-hetero) is 1. The third-order valence-electron chi connectivity index (χ3n) is 8.50. The fourth-order valence-electron chi connectivity index (χ4n) is 6.26. The van der Waals surface area contributed by atoms with Crippen LogP contribution in [0.5, 0.6) is 0 Å². The second-order valence-corrected chi connectivity index (χ2v) is 11.9. The number of benzene rings is 1. The van der Waals surface area contributed by atoms with Crippen LogP contribution >= 0.6 is 0 Å². The van der Waals surface area contributed by atoms with Crippen molar-refractivity contribution in [3.63, 3.8) is 0 Å². The van der Waals surface area contributed by atoms with Gasteiger partial charge in [-0.25, -0.2) is 0 Å². The molecule has 10 nitrogen and oxygen atoms in total. The summed E-state index contributed by atoms with van der Waals surface area (Å²) >= 11 is 0. The van der Waals surface area contributed by atoms with E-state index in [9.17, 15) is 24.3 Å². The number of hydrogen-bond donors (Lipinski definition) is 2. The number of carbonyl (C=O) groups excluding carboxylic acids is 4. The maximum atomic E-state index is 13.8. The largest absolute Gasteiger partial charge is 0.396 e. The zero-order valence-corrected chi connectivity index (χ0v) is 24.3. The van der Waals surface area contributed by atoms with Gasteiger partial charge in [-0.3, -0.25) is 19.2 Å². The first-order valence-corrected chi connectivity index (χ1v) is 14.7.